The first-order valence-electron chi connectivity index (χ1n) is 6.70. The van der Waals surface area contributed by atoms with Gasteiger partial charge in [-0.2, -0.15) is 0 Å². The van der Waals surface area contributed by atoms with Gasteiger partial charge < -0.3 is 15.2 Å². The molecule has 1 aromatic rings. The normalized spacial score (nSPS) is 17.9. The van der Waals surface area contributed by atoms with Crippen LogP contribution in [0.25, 0.3) is 6.08 Å². The Morgan fingerprint density at radius 3 is 2.81 bits per heavy atom. The molecule has 0 atom stereocenters. The van der Waals surface area contributed by atoms with Crippen molar-refractivity contribution in [3.8, 4) is 0 Å². The van der Waals surface area contributed by atoms with Crippen molar-refractivity contribution in [3.63, 3.8) is 0 Å². The Morgan fingerprint density at radius 2 is 2.10 bits per heavy atom. The number of amides is 1. The van der Waals surface area contributed by atoms with Crippen LogP contribution in [0.4, 0.5) is 0 Å². The molecule has 1 saturated heterocycles. The summed E-state index contributed by atoms with van der Waals surface area (Å²) in [4.78, 5) is 11.8. The van der Waals surface area contributed by atoms with Crippen LogP contribution in [0.15, 0.2) is 24.3 Å². The van der Waals surface area contributed by atoms with Crippen molar-refractivity contribution in [1.82, 2.24) is 5.32 Å². The van der Waals surface area contributed by atoms with Gasteiger partial charge in [0.15, 0.2) is 0 Å². The van der Waals surface area contributed by atoms with Gasteiger partial charge in [-0.25, -0.2) is 0 Å². The lowest BCUT2D eigenvalue weighted by Gasteiger charge is -2.31. The van der Waals surface area contributed by atoms with Gasteiger partial charge in [0.1, 0.15) is 0 Å². The summed E-state index contributed by atoms with van der Waals surface area (Å²) in [5, 5.41) is 14.0. The van der Waals surface area contributed by atoms with E-state index in [2.05, 4.69) is 5.32 Å². The van der Waals surface area contributed by atoms with E-state index in [0.29, 0.717) is 41.7 Å². The summed E-state index contributed by atoms with van der Waals surface area (Å²) in [5.74, 6) is -0.286. The first kappa shape index (κ1) is 16.3. The number of hydrogen-bond donors (Lipinski definition) is 2. The molecule has 0 unspecified atom stereocenters. The van der Waals surface area contributed by atoms with Gasteiger partial charge in [0.25, 0.3) is 0 Å². The molecule has 4 nitrogen and oxygen atoms in total. The van der Waals surface area contributed by atoms with E-state index < -0.39 is 5.60 Å². The van der Waals surface area contributed by atoms with Crippen LogP contribution in [0.5, 0.6) is 0 Å². The Labute approximate surface area is 133 Å². The van der Waals surface area contributed by atoms with Crippen LogP contribution in [0.1, 0.15) is 18.4 Å². The van der Waals surface area contributed by atoms with Crippen LogP contribution in [-0.2, 0) is 9.53 Å². The van der Waals surface area contributed by atoms with Crippen LogP contribution in [-0.4, -0.2) is 36.4 Å². The molecule has 2 rings (SSSR count). The van der Waals surface area contributed by atoms with E-state index >= 15 is 0 Å². The largest absolute Gasteiger partial charge is 0.388 e. The SMILES string of the molecule is O=C(/C=C/c1cc(Cl)ccc1Cl)NCC1(O)CCOCC1. The number of hydrogen-bond acceptors (Lipinski definition) is 3. The van der Waals surface area contributed by atoms with Crippen molar-refractivity contribution in [2.45, 2.75) is 18.4 Å². The third-order valence-electron chi connectivity index (χ3n) is 3.39. The molecule has 1 aromatic carbocycles. The molecule has 1 heterocycles. The molecular weight excluding hydrogens is 313 g/mol. The Morgan fingerprint density at radius 1 is 1.38 bits per heavy atom. The molecule has 1 aliphatic rings. The van der Waals surface area contributed by atoms with E-state index in [0.717, 1.165) is 0 Å². The quantitative estimate of drug-likeness (QED) is 0.835. The Hall–Kier alpha value is -1.07. The summed E-state index contributed by atoms with van der Waals surface area (Å²) in [6, 6.07) is 5.04. The maximum absolute atomic E-state index is 11.8. The highest BCUT2D eigenvalue weighted by atomic mass is 35.5. The second-order valence-electron chi connectivity index (χ2n) is 5.05. The zero-order valence-corrected chi connectivity index (χ0v) is 13.0. The molecule has 0 aliphatic carbocycles. The van der Waals surface area contributed by atoms with Gasteiger partial charge in [-0.05, 0) is 29.8 Å². The van der Waals surface area contributed by atoms with Crippen LogP contribution in [0.2, 0.25) is 10.0 Å². The lowest BCUT2D eigenvalue weighted by Crippen LogP contribution is -2.46. The lowest BCUT2D eigenvalue weighted by atomic mass is 9.94. The molecule has 0 radical (unpaired) electrons. The van der Waals surface area contributed by atoms with Crippen molar-refractivity contribution >= 4 is 35.2 Å². The molecule has 21 heavy (non-hydrogen) atoms. The molecule has 0 bridgehead atoms. The van der Waals surface area contributed by atoms with Crippen molar-refractivity contribution in [2.24, 2.45) is 0 Å². The van der Waals surface area contributed by atoms with Gasteiger partial charge in [0.2, 0.25) is 5.91 Å². The summed E-state index contributed by atoms with van der Waals surface area (Å²) < 4.78 is 5.19. The summed E-state index contributed by atoms with van der Waals surface area (Å²) in [5.41, 5.74) is -0.209. The minimum absolute atomic E-state index is 0.211. The predicted molar refractivity (Wildman–Crippen MR) is 83.5 cm³/mol. The van der Waals surface area contributed by atoms with Gasteiger partial charge in [0.05, 0.1) is 5.60 Å². The first-order valence-corrected chi connectivity index (χ1v) is 7.45. The monoisotopic (exact) mass is 329 g/mol. The molecule has 1 fully saturated rings. The zero-order valence-electron chi connectivity index (χ0n) is 11.4. The van der Waals surface area contributed by atoms with E-state index in [-0.39, 0.29) is 12.5 Å². The number of ether oxygens (including phenoxy) is 1. The Balaban J connectivity index is 1.89. The average Bonchev–Trinajstić information content (AvgIpc) is 2.47. The minimum Gasteiger partial charge on any atom is -0.388 e. The maximum atomic E-state index is 11.8. The summed E-state index contributed by atoms with van der Waals surface area (Å²) in [6.45, 7) is 1.24. The highest BCUT2D eigenvalue weighted by molar-refractivity contribution is 6.34. The third-order valence-corrected chi connectivity index (χ3v) is 3.97. The molecule has 0 spiro atoms. The number of nitrogens with one attached hydrogen (secondary N) is 1. The van der Waals surface area contributed by atoms with Crippen molar-refractivity contribution < 1.29 is 14.6 Å². The second kappa shape index (κ2) is 7.27. The molecule has 114 valence electrons. The fraction of sp³-hybridized carbons (Fsp3) is 0.400. The minimum atomic E-state index is -0.880. The smallest absolute Gasteiger partial charge is 0.244 e. The standard InChI is InChI=1S/C15H17Cl2NO3/c16-12-2-3-13(17)11(9-12)1-4-14(19)18-10-15(20)5-7-21-8-6-15/h1-4,9,20H,5-8,10H2,(H,18,19)/b4-1+. The fourth-order valence-electron chi connectivity index (χ4n) is 2.05. The highest BCUT2D eigenvalue weighted by Gasteiger charge is 2.29. The van der Waals surface area contributed by atoms with Crippen LogP contribution in [0.3, 0.4) is 0 Å². The number of benzene rings is 1. The van der Waals surface area contributed by atoms with Gasteiger partial charge in [-0.15, -0.1) is 0 Å². The van der Waals surface area contributed by atoms with E-state index in [1.54, 1.807) is 24.3 Å². The third kappa shape index (κ3) is 5.00. The summed E-state index contributed by atoms with van der Waals surface area (Å²) in [7, 11) is 0. The van der Waals surface area contributed by atoms with Gasteiger partial charge in [-0.3, -0.25) is 4.79 Å². The highest BCUT2D eigenvalue weighted by Crippen LogP contribution is 2.22. The summed E-state index contributed by atoms with van der Waals surface area (Å²) in [6.07, 6.45) is 4.02. The molecule has 0 aromatic heterocycles. The first-order chi connectivity index (χ1) is 9.98. The van der Waals surface area contributed by atoms with Gasteiger partial charge >= 0.3 is 0 Å². The molecule has 6 heteroatoms. The van der Waals surface area contributed by atoms with E-state index in [4.69, 9.17) is 27.9 Å². The molecule has 2 N–H and O–H groups in total. The van der Waals surface area contributed by atoms with Crippen LogP contribution < -0.4 is 5.32 Å². The molecule has 1 aliphatic heterocycles. The van der Waals surface area contributed by atoms with Crippen LogP contribution in [0, 0.1) is 0 Å². The van der Waals surface area contributed by atoms with Crippen molar-refractivity contribution in [2.75, 3.05) is 19.8 Å². The lowest BCUT2D eigenvalue weighted by molar-refractivity contribution is -0.119. The maximum Gasteiger partial charge on any atom is 0.244 e. The number of aliphatic hydroxyl groups is 1. The number of carbonyl (C=O) groups excluding carboxylic acids is 1. The number of carbonyl (C=O) groups is 1. The number of rotatable bonds is 4. The van der Waals surface area contributed by atoms with Gasteiger partial charge in [0, 0.05) is 48.7 Å². The Kier molecular flexibility index (Phi) is 5.65. The predicted octanol–water partition coefficient (Wildman–Crippen LogP) is 2.66. The fourth-order valence-corrected chi connectivity index (χ4v) is 2.41. The summed E-state index contributed by atoms with van der Waals surface area (Å²) >= 11 is 11.9. The topological polar surface area (TPSA) is 58.6 Å². The molecular formula is C15H17Cl2NO3. The van der Waals surface area contributed by atoms with E-state index in [9.17, 15) is 9.90 Å². The molecule has 0 saturated carbocycles. The Bertz CT molecular complexity index is 540. The van der Waals surface area contributed by atoms with Crippen molar-refractivity contribution in [3.05, 3.63) is 39.9 Å². The average molecular weight is 330 g/mol. The zero-order chi connectivity index (χ0) is 15.3. The van der Waals surface area contributed by atoms with E-state index in [1.165, 1.54) is 6.08 Å². The van der Waals surface area contributed by atoms with E-state index in [1.807, 2.05) is 0 Å². The van der Waals surface area contributed by atoms with Crippen molar-refractivity contribution in [1.29, 1.82) is 0 Å². The number of halogens is 2. The van der Waals surface area contributed by atoms with Gasteiger partial charge in [-0.1, -0.05) is 23.2 Å². The molecule has 1 amide bonds. The second-order valence-corrected chi connectivity index (χ2v) is 5.90. The van der Waals surface area contributed by atoms with Crippen LogP contribution >= 0.6 is 23.2 Å².